The highest BCUT2D eigenvalue weighted by molar-refractivity contribution is 9.09. The van der Waals surface area contributed by atoms with Gasteiger partial charge in [-0.1, -0.05) is 15.9 Å². The smallest absolute Gasteiger partial charge is 0.269 e. The lowest BCUT2D eigenvalue weighted by molar-refractivity contribution is -0.384. The lowest BCUT2D eigenvalue weighted by Crippen LogP contribution is -2.35. The zero-order valence-corrected chi connectivity index (χ0v) is 12.1. The number of anilines is 1. The van der Waals surface area contributed by atoms with Gasteiger partial charge in [0.2, 0.25) is 5.91 Å². The number of aryl methyl sites for hydroxylation is 1. The maximum Gasteiger partial charge on any atom is 0.269 e. The number of rotatable bonds is 5. The quantitative estimate of drug-likeness (QED) is 0.361. The summed E-state index contributed by atoms with van der Waals surface area (Å²) in [7, 11) is 0. The summed E-state index contributed by atoms with van der Waals surface area (Å²) < 4.78 is 0. The van der Waals surface area contributed by atoms with Crippen LogP contribution in [0.3, 0.4) is 0 Å². The number of non-ortho nitro benzene ring substituents is 1. The van der Waals surface area contributed by atoms with Gasteiger partial charge in [-0.3, -0.25) is 14.9 Å². The molecule has 0 bridgehead atoms. The van der Waals surface area contributed by atoms with Crippen molar-refractivity contribution < 1.29 is 9.72 Å². The molecule has 0 unspecified atom stereocenters. The van der Waals surface area contributed by atoms with Crippen LogP contribution < -0.4 is 4.90 Å². The van der Waals surface area contributed by atoms with Gasteiger partial charge in [-0.2, -0.15) is 0 Å². The van der Waals surface area contributed by atoms with E-state index >= 15 is 0 Å². The minimum atomic E-state index is -0.397. The first-order chi connectivity index (χ1) is 9.13. The standard InChI is InChI=1S/C13H15BrN2O3/c14-7-1-2-8-15-12-5-4-11(16(18)19)9-10(12)3-6-13(15)17/h4-5,9H,1-3,6-8H2. The van der Waals surface area contributed by atoms with E-state index in [4.69, 9.17) is 0 Å². The molecule has 1 aromatic carbocycles. The number of unbranched alkanes of at least 4 members (excludes halogenated alkanes) is 1. The van der Waals surface area contributed by atoms with Crippen molar-refractivity contribution in [1.82, 2.24) is 0 Å². The average Bonchev–Trinajstić information content (AvgIpc) is 2.40. The number of benzene rings is 1. The third kappa shape index (κ3) is 3.12. The second-order valence-corrected chi connectivity index (χ2v) is 5.30. The van der Waals surface area contributed by atoms with Gasteiger partial charge in [-0.15, -0.1) is 0 Å². The molecule has 1 aliphatic heterocycles. The number of carbonyl (C=O) groups is 1. The lowest BCUT2D eigenvalue weighted by atomic mass is 10.00. The van der Waals surface area contributed by atoms with Crippen LogP contribution in [0, 0.1) is 10.1 Å². The van der Waals surface area contributed by atoms with Gasteiger partial charge in [0.25, 0.3) is 5.69 Å². The Morgan fingerprint density at radius 2 is 2.11 bits per heavy atom. The fraction of sp³-hybridized carbons (Fsp3) is 0.462. The molecule has 0 atom stereocenters. The molecule has 2 rings (SSSR count). The minimum absolute atomic E-state index is 0.0912. The summed E-state index contributed by atoms with van der Waals surface area (Å²) in [6, 6.07) is 4.74. The molecule has 19 heavy (non-hydrogen) atoms. The molecule has 0 aliphatic carbocycles. The van der Waals surface area contributed by atoms with Crippen LogP contribution in [0.1, 0.15) is 24.8 Å². The fourth-order valence-corrected chi connectivity index (χ4v) is 2.67. The highest BCUT2D eigenvalue weighted by Gasteiger charge is 2.25. The summed E-state index contributed by atoms with van der Waals surface area (Å²) >= 11 is 3.37. The van der Waals surface area contributed by atoms with Crippen LogP contribution in [0.4, 0.5) is 11.4 Å². The van der Waals surface area contributed by atoms with Crippen molar-refractivity contribution in [3.8, 4) is 0 Å². The number of amides is 1. The van der Waals surface area contributed by atoms with E-state index in [0.29, 0.717) is 19.4 Å². The summed E-state index contributed by atoms with van der Waals surface area (Å²) in [5, 5.41) is 11.7. The second-order valence-electron chi connectivity index (χ2n) is 4.51. The monoisotopic (exact) mass is 326 g/mol. The van der Waals surface area contributed by atoms with E-state index in [-0.39, 0.29) is 11.6 Å². The Balaban J connectivity index is 2.23. The van der Waals surface area contributed by atoms with Crippen molar-refractivity contribution >= 4 is 33.2 Å². The Bertz CT molecular complexity index is 505. The third-order valence-electron chi connectivity index (χ3n) is 3.24. The molecule has 0 spiro atoms. The number of hydrogen-bond acceptors (Lipinski definition) is 3. The van der Waals surface area contributed by atoms with Crippen LogP contribution in [-0.2, 0) is 11.2 Å². The molecule has 0 radical (unpaired) electrons. The minimum Gasteiger partial charge on any atom is -0.312 e. The van der Waals surface area contributed by atoms with Crippen LogP contribution in [0.15, 0.2) is 18.2 Å². The first kappa shape index (κ1) is 14.0. The number of nitro benzene ring substituents is 1. The maximum absolute atomic E-state index is 12.0. The summed E-state index contributed by atoms with van der Waals surface area (Å²) in [4.78, 5) is 24.1. The SMILES string of the molecule is O=C1CCc2cc([N+](=O)[O-])ccc2N1CCCCBr. The van der Waals surface area contributed by atoms with E-state index in [1.54, 1.807) is 17.0 Å². The molecule has 1 amide bonds. The lowest BCUT2D eigenvalue weighted by Gasteiger charge is -2.29. The highest BCUT2D eigenvalue weighted by atomic mass is 79.9. The molecule has 6 heteroatoms. The number of carbonyl (C=O) groups excluding carboxylic acids is 1. The Morgan fingerprint density at radius 1 is 1.32 bits per heavy atom. The Morgan fingerprint density at radius 3 is 2.79 bits per heavy atom. The molecule has 0 aromatic heterocycles. The summed E-state index contributed by atoms with van der Waals surface area (Å²) in [5.41, 5.74) is 1.82. The van der Waals surface area contributed by atoms with E-state index in [1.165, 1.54) is 6.07 Å². The number of halogens is 1. The molecule has 0 fully saturated rings. The number of nitro groups is 1. The van der Waals surface area contributed by atoms with E-state index in [2.05, 4.69) is 15.9 Å². The van der Waals surface area contributed by atoms with E-state index in [9.17, 15) is 14.9 Å². The van der Waals surface area contributed by atoms with Gasteiger partial charge in [0, 0.05) is 36.1 Å². The maximum atomic E-state index is 12.0. The van der Waals surface area contributed by atoms with Gasteiger partial charge in [-0.25, -0.2) is 0 Å². The summed E-state index contributed by atoms with van der Waals surface area (Å²) in [6.45, 7) is 0.676. The van der Waals surface area contributed by atoms with Crippen molar-refractivity contribution in [2.45, 2.75) is 25.7 Å². The van der Waals surface area contributed by atoms with Gasteiger partial charge in [0.15, 0.2) is 0 Å². The first-order valence-corrected chi connectivity index (χ1v) is 7.39. The Hall–Kier alpha value is -1.43. The van der Waals surface area contributed by atoms with Crippen LogP contribution in [0.25, 0.3) is 0 Å². The van der Waals surface area contributed by atoms with Crippen molar-refractivity contribution in [2.75, 3.05) is 16.8 Å². The topological polar surface area (TPSA) is 63.4 Å². The Labute approximate surface area is 119 Å². The van der Waals surface area contributed by atoms with E-state index in [1.807, 2.05) is 0 Å². The van der Waals surface area contributed by atoms with Gasteiger partial charge < -0.3 is 4.90 Å². The largest absolute Gasteiger partial charge is 0.312 e. The molecule has 0 saturated heterocycles. The first-order valence-electron chi connectivity index (χ1n) is 6.27. The van der Waals surface area contributed by atoms with Crippen LogP contribution in [-0.4, -0.2) is 22.7 Å². The predicted octanol–water partition coefficient (Wildman–Crippen LogP) is 3.05. The molecule has 0 saturated carbocycles. The van der Waals surface area contributed by atoms with E-state index < -0.39 is 4.92 Å². The zero-order chi connectivity index (χ0) is 13.8. The average molecular weight is 327 g/mol. The van der Waals surface area contributed by atoms with Crippen LogP contribution in [0.2, 0.25) is 0 Å². The second kappa shape index (κ2) is 6.14. The third-order valence-corrected chi connectivity index (χ3v) is 3.80. The number of fused-ring (bicyclic) bond motifs is 1. The van der Waals surface area contributed by atoms with Gasteiger partial charge in [0.05, 0.1) is 4.92 Å². The van der Waals surface area contributed by atoms with Gasteiger partial charge in [0.1, 0.15) is 0 Å². The zero-order valence-electron chi connectivity index (χ0n) is 10.5. The van der Waals surface area contributed by atoms with Crippen molar-refractivity contribution in [3.63, 3.8) is 0 Å². The molecule has 102 valence electrons. The molecule has 1 aromatic rings. The van der Waals surface area contributed by atoms with Gasteiger partial charge in [-0.05, 0) is 30.9 Å². The predicted molar refractivity (Wildman–Crippen MR) is 76.8 cm³/mol. The molecular formula is C13H15BrN2O3. The van der Waals surface area contributed by atoms with Crippen molar-refractivity contribution in [2.24, 2.45) is 0 Å². The molecule has 1 aliphatic rings. The normalized spacial score (nSPS) is 14.4. The molecule has 5 nitrogen and oxygen atoms in total. The van der Waals surface area contributed by atoms with Gasteiger partial charge >= 0.3 is 0 Å². The summed E-state index contributed by atoms with van der Waals surface area (Å²) in [5.74, 6) is 0.107. The number of nitrogens with zero attached hydrogens (tertiary/aromatic N) is 2. The molecular weight excluding hydrogens is 312 g/mol. The fourth-order valence-electron chi connectivity index (χ4n) is 2.27. The number of hydrogen-bond donors (Lipinski definition) is 0. The van der Waals surface area contributed by atoms with Crippen LogP contribution in [0.5, 0.6) is 0 Å². The molecule has 0 N–H and O–H groups in total. The van der Waals surface area contributed by atoms with Crippen molar-refractivity contribution in [3.05, 3.63) is 33.9 Å². The molecule has 1 heterocycles. The van der Waals surface area contributed by atoms with Crippen LogP contribution >= 0.6 is 15.9 Å². The van der Waals surface area contributed by atoms with Crippen molar-refractivity contribution in [1.29, 1.82) is 0 Å². The number of alkyl halides is 1. The Kier molecular flexibility index (Phi) is 4.52. The highest BCUT2D eigenvalue weighted by Crippen LogP contribution is 2.31. The summed E-state index contributed by atoms with van der Waals surface area (Å²) in [6.07, 6.45) is 2.95. The van der Waals surface area contributed by atoms with E-state index in [0.717, 1.165) is 29.4 Å².